The van der Waals surface area contributed by atoms with E-state index >= 15 is 0 Å². The van der Waals surface area contributed by atoms with Crippen LogP contribution >= 0.6 is 38.6 Å². The van der Waals surface area contributed by atoms with E-state index in [1.165, 1.54) is 30.7 Å². The largest absolute Gasteiger partial charge is 0.417 e. The molecular formula is C18H29BrN2OS2Si. The van der Waals surface area contributed by atoms with Gasteiger partial charge >= 0.3 is 0 Å². The molecule has 0 radical (unpaired) electrons. The smallest absolute Gasteiger partial charge is 0.191 e. The highest BCUT2D eigenvalue weighted by atomic mass is 79.9. The predicted octanol–water partition coefficient (Wildman–Crippen LogP) is 7.15. The molecule has 0 aliphatic rings. The Morgan fingerprint density at radius 2 is 1.76 bits per heavy atom. The summed E-state index contributed by atoms with van der Waals surface area (Å²) in [4.78, 5) is 9.14. The maximum Gasteiger partial charge on any atom is 0.191 e. The second kappa shape index (κ2) is 9.22. The van der Waals surface area contributed by atoms with Gasteiger partial charge in [0.05, 0.1) is 5.01 Å². The third kappa shape index (κ3) is 6.54. The summed E-state index contributed by atoms with van der Waals surface area (Å²) in [7, 11) is -1.57. The van der Waals surface area contributed by atoms with E-state index < -0.39 is 8.32 Å². The Morgan fingerprint density at radius 3 is 2.40 bits per heavy atom. The zero-order chi connectivity index (χ0) is 18.5. The lowest BCUT2D eigenvalue weighted by Crippen LogP contribution is -2.40. The highest BCUT2D eigenvalue weighted by Crippen LogP contribution is 2.36. The van der Waals surface area contributed by atoms with Gasteiger partial charge < -0.3 is 4.43 Å². The van der Waals surface area contributed by atoms with Crippen LogP contribution in [0.4, 0.5) is 0 Å². The van der Waals surface area contributed by atoms with Gasteiger partial charge in [-0.05, 0) is 53.3 Å². The van der Waals surface area contributed by atoms with Crippen LogP contribution in [0.3, 0.4) is 0 Å². The molecule has 2 aromatic rings. The molecule has 7 heteroatoms. The molecule has 0 amide bonds. The molecule has 0 unspecified atom stereocenters. The number of unbranched alkanes of at least 4 members (excludes halogenated alkanes) is 3. The van der Waals surface area contributed by atoms with Gasteiger partial charge in [0.1, 0.15) is 15.3 Å². The summed E-state index contributed by atoms with van der Waals surface area (Å²) in [6.07, 6.45) is 5.93. The molecule has 0 atom stereocenters. The molecule has 0 N–H and O–H groups in total. The summed E-state index contributed by atoms with van der Waals surface area (Å²) in [6, 6.07) is 0. The van der Waals surface area contributed by atoms with E-state index in [2.05, 4.69) is 60.2 Å². The first kappa shape index (κ1) is 21.2. The van der Waals surface area contributed by atoms with Crippen LogP contribution in [0, 0.1) is 0 Å². The van der Waals surface area contributed by atoms with Gasteiger partial charge in [-0.25, -0.2) is 9.97 Å². The number of hydrogen-bond donors (Lipinski definition) is 0. The van der Waals surface area contributed by atoms with Gasteiger partial charge in [-0.2, -0.15) is 0 Å². The Balaban J connectivity index is 1.62. The zero-order valence-corrected chi connectivity index (χ0v) is 20.1. The fraction of sp³-hybridized carbons (Fsp3) is 0.667. The van der Waals surface area contributed by atoms with E-state index in [-0.39, 0.29) is 0 Å². The average molecular weight is 462 g/mol. The summed E-state index contributed by atoms with van der Waals surface area (Å²) in [6.45, 7) is 12.5. The minimum Gasteiger partial charge on any atom is -0.417 e. The topological polar surface area (TPSA) is 35.0 Å². The normalized spacial score (nSPS) is 12.7. The van der Waals surface area contributed by atoms with Crippen molar-refractivity contribution in [3.8, 4) is 10.7 Å². The Morgan fingerprint density at radius 1 is 1.04 bits per heavy atom. The maximum absolute atomic E-state index is 6.23. The van der Waals surface area contributed by atoms with Gasteiger partial charge in [-0.1, -0.05) is 33.6 Å². The van der Waals surface area contributed by atoms with Crippen LogP contribution in [0.2, 0.25) is 18.1 Å². The monoisotopic (exact) mass is 460 g/mol. The van der Waals surface area contributed by atoms with Crippen molar-refractivity contribution in [2.24, 2.45) is 0 Å². The first-order valence-electron chi connectivity index (χ1n) is 8.89. The summed E-state index contributed by atoms with van der Waals surface area (Å²) in [5, 5.41) is 6.65. The molecule has 0 saturated heterocycles. The molecule has 0 aliphatic heterocycles. The predicted molar refractivity (Wildman–Crippen MR) is 116 cm³/mol. The zero-order valence-electron chi connectivity index (χ0n) is 15.9. The molecule has 2 heterocycles. The molecule has 0 fully saturated rings. The Labute approximate surface area is 169 Å². The van der Waals surface area contributed by atoms with Gasteiger partial charge in [-0.3, -0.25) is 0 Å². The van der Waals surface area contributed by atoms with Crippen LogP contribution < -0.4 is 0 Å². The van der Waals surface area contributed by atoms with E-state index in [1.807, 2.05) is 5.38 Å². The van der Waals surface area contributed by atoms with E-state index in [1.54, 1.807) is 22.7 Å². The minimum atomic E-state index is -1.57. The third-order valence-corrected chi connectivity index (χ3v) is 11.8. The molecule has 0 saturated carbocycles. The Bertz CT molecular complexity index is 664. The van der Waals surface area contributed by atoms with Crippen molar-refractivity contribution in [1.29, 1.82) is 0 Å². The second-order valence-electron chi connectivity index (χ2n) is 7.87. The van der Waals surface area contributed by atoms with Gasteiger partial charge in [0.15, 0.2) is 8.32 Å². The van der Waals surface area contributed by atoms with Gasteiger partial charge in [0.2, 0.25) is 0 Å². The highest BCUT2D eigenvalue weighted by Gasteiger charge is 2.36. The van der Waals surface area contributed by atoms with Crippen LogP contribution in [0.15, 0.2) is 15.4 Å². The molecule has 140 valence electrons. The van der Waals surface area contributed by atoms with E-state index in [0.29, 0.717) is 5.04 Å². The van der Waals surface area contributed by atoms with Gasteiger partial charge in [-0.15, -0.1) is 22.7 Å². The van der Waals surface area contributed by atoms with Crippen molar-refractivity contribution < 1.29 is 4.43 Å². The molecule has 2 aromatic heterocycles. The Hall–Kier alpha value is -0.0831. The number of halogens is 1. The van der Waals surface area contributed by atoms with Crippen molar-refractivity contribution in [2.75, 3.05) is 6.61 Å². The SMILES string of the molecule is CC(C)(C)[Si](C)(C)OCCCCCCc1nc(-c2nc(Br)cs2)cs1. The number of aryl methyl sites for hydroxylation is 1. The third-order valence-electron chi connectivity index (χ3n) is 4.80. The molecule has 0 bridgehead atoms. The van der Waals surface area contributed by atoms with Crippen LogP contribution in [0.25, 0.3) is 10.7 Å². The standard InChI is InChI=1S/C18H29BrN2OS2Si/c1-18(2,3)25(4,5)22-11-9-7-6-8-10-16-20-14(12-23-16)17-21-15(19)13-24-17/h12-13H,6-11H2,1-5H3. The lowest BCUT2D eigenvalue weighted by atomic mass is 10.1. The number of thiazole rings is 2. The summed E-state index contributed by atoms with van der Waals surface area (Å²) >= 11 is 6.78. The van der Waals surface area contributed by atoms with Crippen molar-refractivity contribution in [3.05, 3.63) is 20.4 Å². The summed E-state index contributed by atoms with van der Waals surface area (Å²) in [5.41, 5.74) is 1.01. The summed E-state index contributed by atoms with van der Waals surface area (Å²) < 4.78 is 7.12. The van der Waals surface area contributed by atoms with Crippen LogP contribution in [-0.2, 0) is 10.8 Å². The second-order valence-corrected chi connectivity index (χ2v) is 15.3. The van der Waals surface area contributed by atoms with E-state index in [0.717, 1.165) is 28.3 Å². The van der Waals surface area contributed by atoms with Crippen LogP contribution in [0.1, 0.15) is 51.5 Å². The average Bonchev–Trinajstić information content (AvgIpc) is 3.14. The molecule has 0 aromatic carbocycles. The quantitative estimate of drug-likeness (QED) is 0.294. The maximum atomic E-state index is 6.23. The lowest BCUT2D eigenvalue weighted by molar-refractivity contribution is 0.277. The fourth-order valence-electron chi connectivity index (χ4n) is 2.17. The number of nitrogens with zero attached hydrogens (tertiary/aromatic N) is 2. The first-order valence-corrected chi connectivity index (χ1v) is 14.3. The number of hydrogen-bond acceptors (Lipinski definition) is 5. The van der Waals surface area contributed by atoms with Gasteiger partial charge in [0, 0.05) is 17.4 Å². The lowest BCUT2D eigenvalue weighted by Gasteiger charge is -2.36. The highest BCUT2D eigenvalue weighted by molar-refractivity contribution is 9.10. The Kier molecular flexibility index (Phi) is 7.82. The van der Waals surface area contributed by atoms with Crippen molar-refractivity contribution in [3.63, 3.8) is 0 Å². The molecule has 2 rings (SSSR count). The minimum absolute atomic E-state index is 0.308. The van der Waals surface area contributed by atoms with E-state index in [9.17, 15) is 0 Å². The molecular weight excluding hydrogens is 432 g/mol. The van der Waals surface area contributed by atoms with Crippen molar-refractivity contribution >= 4 is 46.9 Å². The molecule has 0 aliphatic carbocycles. The van der Waals surface area contributed by atoms with Crippen LogP contribution in [0.5, 0.6) is 0 Å². The van der Waals surface area contributed by atoms with Crippen molar-refractivity contribution in [2.45, 2.75) is 71.0 Å². The number of rotatable bonds is 9. The fourth-order valence-corrected chi connectivity index (χ4v) is 5.37. The van der Waals surface area contributed by atoms with Gasteiger partial charge in [0.25, 0.3) is 0 Å². The van der Waals surface area contributed by atoms with Crippen molar-refractivity contribution in [1.82, 2.24) is 9.97 Å². The summed E-state index contributed by atoms with van der Waals surface area (Å²) in [5.74, 6) is 0. The molecule has 0 spiro atoms. The van der Waals surface area contributed by atoms with E-state index in [4.69, 9.17) is 9.41 Å². The number of aromatic nitrogens is 2. The first-order chi connectivity index (χ1) is 11.7. The molecule has 3 nitrogen and oxygen atoms in total. The molecule has 25 heavy (non-hydrogen) atoms. The van der Waals surface area contributed by atoms with Crippen LogP contribution in [-0.4, -0.2) is 24.9 Å².